The molecule has 1 saturated heterocycles. The largest absolute Gasteiger partial charge is 0.456 e. The molecule has 7 heteroatoms. The van der Waals surface area contributed by atoms with E-state index in [2.05, 4.69) is 45.6 Å². The number of anilines is 1. The SMILES string of the molecule is CC1CN(C(=O)Nc2cccnn2)CCC1=Cc1cccc(Oc2ccc(C3CC3)nc2)c1. The first-order chi connectivity index (χ1) is 16.1. The van der Waals surface area contributed by atoms with Gasteiger partial charge in [-0.15, -0.1) is 5.10 Å². The number of carbonyl (C=O) groups is 1. The van der Waals surface area contributed by atoms with Crippen molar-refractivity contribution in [2.75, 3.05) is 18.4 Å². The molecular weight excluding hydrogens is 414 g/mol. The quantitative estimate of drug-likeness (QED) is 0.566. The topological polar surface area (TPSA) is 80.2 Å². The van der Waals surface area contributed by atoms with Crippen molar-refractivity contribution in [2.45, 2.75) is 32.1 Å². The fourth-order valence-electron chi connectivity index (χ4n) is 4.10. The lowest BCUT2D eigenvalue weighted by Crippen LogP contribution is -2.42. The summed E-state index contributed by atoms with van der Waals surface area (Å²) >= 11 is 0. The zero-order valence-corrected chi connectivity index (χ0v) is 18.6. The number of amides is 2. The number of pyridine rings is 1. The van der Waals surface area contributed by atoms with Crippen LogP contribution in [0.25, 0.3) is 6.08 Å². The van der Waals surface area contributed by atoms with Crippen molar-refractivity contribution < 1.29 is 9.53 Å². The average Bonchev–Trinajstić information content (AvgIpc) is 3.67. The van der Waals surface area contributed by atoms with Crippen molar-refractivity contribution in [3.63, 3.8) is 0 Å². The van der Waals surface area contributed by atoms with Crippen molar-refractivity contribution in [3.05, 3.63) is 77.8 Å². The number of piperidine rings is 1. The molecule has 5 rings (SSSR count). The van der Waals surface area contributed by atoms with Crippen LogP contribution in [0.5, 0.6) is 11.5 Å². The van der Waals surface area contributed by atoms with Crippen molar-refractivity contribution >= 4 is 17.9 Å². The van der Waals surface area contributed by atoms with E-state index < -0.39 is 0 Å². The molecule has 0 radical (unpaired) electrons. The number of carbonyl (C=O) groups excluding carboxylic acids is 1. The Bertz CT molecular complexity index is 1140. The molecule has 7 nitrogen and oxygen atoms in total. The highest BCUT2D eigenvalue weighted by Crippen LogP contribution is 2.39. The van der Waals surface area contributed by atoms with Crippen molar-refractivity contribution in [2.24, 2.45) is 5.92 Å². The van der Waals surface area contributed by atoms with Crippen LogP contribution in [0.4, 0.5) is 10.6 Å². The van der Waals surface area contributed by atoms with Gasteiger partial charge >= 0.3 is 6.03 Å². The number of benzene rings is 1. The Morgan fingerprint density at radius 2 is 2.06 bits per heavy atom. The van der Waals surface area contributed by atoms with Gasteiger partial charge in [0.2, 0.25) is 0 Å². The maximum atomic E-state index is 12.6. The summed E-state index contributed by atoms with van der Waals surface area (Å²) in [7, 11) is 0. The number of hydrogen-bond donors (Lipinski definition) is 1. The van der Waals surface area contributed by atoms with E-state index >= 15 is 0 Å². The summed E-state index contributed by atoms with van der Waals surface area (Å²) in [6, 6.07) is 15.5. The summed E-state index contributed by atoms with van der Waals surface area (Å²) in [5.41, 5.74) is 3.58. The third-order valence-corrected chi connectivity index (χ3v) is 6.09. The molecule has 0 bridgehead atoms. The van der Waals surface area contributed by atoms with Gasteiger partial charge in [0.1, 0.15) is 11.5 Å². The molecule has 0 spiro atoms. The molecule has 1 unspecified atom stereocenters. The van der Waals surface area contributed by atoms with Gasteiger partial charge in [-0.1, -0.05) is 30.7 Å². The number of nitrogens with zero attached hydrogens (tertiary/aromatic N) is 4. The van der Waals surface area contributed by atoms with Gasteiger partial charge in [-0.05, 0) is 67.1 Å². The van der Waals surface area contributed by atoms with Gasteiger partial charge < -0.3 is 9.64 Å². The number of nitrogens with one attached hydrogen (secondary N) is 1. The maximum absolute atomic E-state index is 12.6. The number of ether oxygens (including phenoxy) is 1. The average molecular weight is 442 g/mol. The second kappa shape index (κ2) is 9.40. The summed E-state index contributed by atoms with van der Waals surface area (Å²) in [5, 5.41) is 10.5. The highest BCUT2D eigenvalue weighted by Gasteiger charge is 2.25. The van der Waals surface area contributed by atoms with Gasteiger partial charge in [-0.2, -0.15) is 5.10 Å². The molecule has 1 aliphatic heterocycles. The van der Waals surface area contributed by atoms with Crippen LogP contribution in [-0.2, 0) is 0 Å². The Labute approximate surface area is 193 Å². The Morgan fingerprint density at radius 3 is 2.79 bits per heavy atom. The van der Waals surface area contributed by atoms with E-state index in [4.69, 9.17) is 4.74 Å². The minimum atomic E-state index is -0.141. The summed E-state index contributed by atoms with van der Waals surface area (Å²) in [5.74, 6) is 2.90. The molecule has 2 fully saturated rings. The van der Waals surface area contributed by atoms with E-state index in [0.717, 1.165) is 29.2 Å². The number of urea groups is 1. The van der Waals surface area contributed by atoms with Crippen LogP contribution < -0.4 is 10.1 Å². The Kier molecular flexibility index (Phi) is 6.02. The molecule has 2 aromatic heterocycles. The van der Waals surface area contributed by atoms with Crippen LogP contribution in [0.15, 0.2) is 66.5 Å². The fraction of sp³-hybridized carbons (Fsp3) is 0.308. The van der Waals surface area contributed by atoms with E-state index in [0.29, 0.717) is 24.8 Å². The molecule has 2 aliphatic rings. The maximum Gasteiger partial charge on any atom is 0.323 e. The number of likely N-dealkylation sites (tertiary alicyclic amines) is 1. The van der Waals surface area contributed by atoms with E-state index in [1.807, 2.05) is 35.4 Å². The summed E-state index contributed by atoms with van der Waals surface area (Å²) < 4.78 is 6.03. The third kappa shape index (κ3) is 5.37. The van der Waals surface area contributed by atoms with Crippen LogP contribution in [-0.4, -0.2) is 39.2 Å². The number of aromatic nitrogens is 3. The lowest BCUT2D eigenvalue weighted by atomic mass is 9.91. The number of rotatable bonds is 5. The van der Waals surface area contributed by atoms with Gasteiger partial charge in [0.15, 0.2) is 5.82 Å². The van der Waals surface area contributed by atoms with Crippen molar-refractivity contribution in [3.8, 4) is 11.5 Å². The molecule has 1 atom stereocenters. The first-order valence-corrected chi connectivity index (χ1v) is 11.4. The lowest BCUT2D eigenvalue weighted by Gasteiger charge is -2.33. The van der Waals surface area contributed by atoms with Crippen LogP contribution in [0.1, 0.15) is 43.4 Å². The Hall–Kier alpha value is -3.74. The summed E-state index contributed by atoms with van der Waals surface area (Å²) in [4.78, 5) is 18.9. The van der Waals surface area contributed by atoms with Crippen LogP contribution in [0.3, 0.4) is 0 Å². The minimum absolute atomic E-state index is 0.141. The second-order valence-corrected chi connectivity index (χ2v) is 8.72. The van der Waals surface area contributed by atoms with Crippen LogP contribution in [0, 0.1) is 5.92 Å². The summed E-state index contributed by atoms with van der Waals surface area (Å²) in [6.07, 6.45) is 8.91. The zero-order valence-electron chi connectivity index (χ0n) is 18.6. The van der Waals surface area contributed by atoms with Crippen LogP contribution in [0.2, 0.25) is 0 Å². The van der Waals surface area contributed by atoms with Gasteiger partial charge in [-0.25, -0.2) is 4.79 Å². The first-order valence-electron chi connectivity index (χ1n) is 11.4. The van der Waals surface area contributed by atoms with E-state index in [1.165, 1.54) is 18.4 Å². The Morgan fingerprint density at radius 1 is 1.15 bits per heavy atom. The van der Waals surface area contributed by atoms with Crippen molar-refractivity contribution in [1.82, 2.24) is 20.1 Å². The molecule has 3 aromatic rings. The predicted octanol–water partition coefficient (Wildman–Crippen LogP) is 5.50. The standard InChI is InChI=1S/C26H27N5O2/c1-18-17-31(26(32)29-25-6-3-12-28-30-25)13-11-21(18)14-19-4-2-5-22(15-19)33-23-9-10-24(27-16-23)20-7-8-20/h2-6,9-10,12,14-16,18,20H,7-8,11,13,17H2,1H3,(H,29,30,32). The molecule has 1 saturated carbocycles. The minimum Gasteiger partial charge on any atom is -0.456 e. The van der Waals surface area contributed by atoms with Gasteiger partial charge in [0, 0.05) is 30.9 Å². The highest BCUT2D eigenvalue weighted by molar-refractivity contribution is 5.88. The molecule has 2 amide bonds. The second-order valence-electron chi connectivity index (χ2n) is 8.72. The van der Waals surface area contributed by atoms with Gasteiger partial charge in [0.25, 0.3) is 0 Å². The van der Waals surface area contributed by atoms with Gasteiger partial charge in [-0.3, -0.25) is 10.3 Å². The zero-order chi connectivity index (χ0) is 22.6. The molecule has 1 aromatic carbocycles. The third-order valence-electron chi connectivity index (χ3n) is 6.09. The van der Waals surface area contributed by atoms with E-state index in [9.17, 15) is 4.79 Å². The lowest BCUT2D eigenvalue weighted by molar-refractivity contribution is 0.197. The number of hydrogen-bond acceptors (Lipinski definition) is 5. The summed E-state index contributed by atoms with van der Waals surface area (Å²) in [6.45, 7) is 3.48. The molecule has 33 heavy (non-hydrogen) atoms. The molecule has 1 N–H and O–H groups in total. The Balaban J connectivity index is 1.21. The molecule has 3 heterocycles. The van der Waals surface area contributed by atoms with Crippen molar-refractivity contribution in [1.29, 1.82) is 0 Å². The normalized spacial score (nSPS) is 19.4. The molecule has 168 valence electrons. The van der Waals surface area contributed by atoms with Gasteiger partial charge in [0.05, 0.1) is 6.20 Å². The monoisotopic (exact) mass is 441 g/mol. The van der Waals surface area contributed by atoms with E-state index in [-0.39, 0.29) is 11.9 Å². The van der Waals surface area contributed by atoms with E-state index in [1.54, 1.807) is 18.3 Å². The molecular formula is C26H27N5O2. The molecule has 1 aliphatic carbocycles. The van der Waals surface area contributed by atoms with Crippen LogP contribution >= 0.6 is 0 Å². The first kappa shape index (κ1) is 21.1. The highest BCUT2D eigenvalue weighted by atomic mass is 16.5. The smallest absolute Gasteiger partial charge is 0.323 e. The predicted molar refractivity (Wildman–Crippen MR) is 127 cm³/mol. The fourth-order valence-corrected chi connectivity index (χ4v) is 4.10.